The molecule has 0 aromatic carbocycles. The van der Waals surface area contributed by atoms with Crippen molar-refractivity contribution in [2.45, 2.75) is 44.9 Å². The van der Waals surface area contributed by atoms with Crippen LogP contribution < -0.4 is 0 Å². The molecule has 1 aliphatic rings. The Balaban J connectivity index is 2.23. The summed E-state index contributed by atoms with van der Waals surface area (Å²) in [5.74, 6) is 0.00402. The molecule has 0 aromatic rings. The maximum absolute atomic E-state index is 11.6. The van der Waals surface area contributed by atoms with Crippen molar-refractivity contribution in [3.05, 3.63) is 0 Å². The molecule has 0 heterocycles. The molecular weight excluding hydrogens is 216 g/mol. The Morgan fingerprint density at radius 2 is 1.80 bits per heavy atom. The summed E-state index contributed by atoms with van der Waals surface area (Å²) in [5, 5.41) is 0. The van der Waals surface area contributed by atoms with Crippen LogP contribution in [0.15, 0.2) is 0 Å². The number of hydrogen-bond acceptors (Lipinski definition) is 3. The quantitative estimate of drug-likeness (QED) is 0.736. The number of Topliss-reactive ketones (excluding diaryl/α,β-unsaturated/α-hetero) is 1. The Kier molecular flexibility index (Phi) is 4.73. The fraction of sp³-hybridized carbons (Fsp3) is 0.900. The largest absolute Gasteiger partial charge is 0.299 e. The summed E-state index contributed by atoms with van der Waals surface area (Å²) in [5.41, 5.74) is 0. The van der Waals surface area contributed by atoms with Gasteiger partial charge in [-0.15, -0.1) is 0 Å². The van der Waals surface area contributed by atoms with Crippen LogP contribution in [0.5, 0.6) is 0 Å². The Bertz CT molecular complexity index is 301. The third-order valence-electron chi connectivity index (χ3n) is 2.89. The van der Waals surface area contributed by atoms with Gasteiger partial charge in [-0.2, -0.15) is 8.42 Å². The van der Waals surface area contributed by atoms with Gasteiger partial charge < -0.3 is 0 Å². The third-order valence-corrected chi connectivity index (χ3v) is 3.69. The molecule has 0 aromatic heterocycles. The minimum absolute atomic E-state index is 0.139. The van der Waals surface area contributed by atoms with E-state index in [0.29, 0.717) is 0 Å². The highest BCUT2D eigenvalue weighted by atomic mass is 32.2. The number of hydrogen-bond donors (Lipinski definition) is 1. The molecule has 0 saturated heterocycles. The fourth-order valence-electron chi connectivity index (χ4n) is 2.06. The number of rotatable bonds is 5. The molecule has 1 rings (SSSR count). The van der Waals surface area contributed by atoms with E-state index in [1.165, 1.54) is 6.42 Å². The van der Waals surface area contributed by atoms with Crippen molar-refractivity contribution >= 4 is 15.9 Å². The number of carbonyl (C=O) groups is 1. The Labute approximate surface area is 90.8 Å². The summed E-state index contributed by atoms with van der Waals surface area (Å²) in [4.78, 5) is 11.6. The summed E-state index contributed by atoms with van der Waals surface area (Å²) in [7, 11) is -3.90. The van der Waals surface area contributed by atoms with Crippen molar-refractivity contribution < 1.29 is 17.8 Å². The minimum atomic E-state index is -3.90. The summed E-state index contributed by atoms with van der Waals surface area (Å²) >= 11 is 0. The molecular formula is C10H18O4S. The van der Waals surface area contributed by atoms with Crippen LogP contribution in [-0.2, 0) is 14.9 Å². The first kappa shape index (κ1) is 12.6. The van der Waals surface area contributed by atoms with Crippen molar-refractivity contribution in [1.29, 1.82) is 0 Å². The van der Waals surface area contributed by atoms with Gasteiger partial charge in [0.15, 0.2) is 0 Å². The summed E-state index contributed by atoms with van der Waals surface area (Å²) < 4.78 is 29.4. The van der Waals surface area contributed by atoms with E-state index in [1.807, 2.05) is 0 Å². The monoisotopic (exact) mass is 234 g/mol. The van der Waals surface area contributed by atoms with Crippen molar-refractivity contribution in [2.24, 2.45) is 5.92 Å². The van der Waals surface area contributed by atoms with E-state index >= 15 is 0 Å². The van der Waals surface area contributed by atoms with Gasteiger partial charge in [-0.1, -0.05) is 19.3 Å². The number of ketones is 1. The lowest BCUT2D eigenvalue weighted by molar-refractivity contribution is -0.123. The van der Waals surface area contributed by atoms with Gasteiger partial charge in [-0.3, -0.25) is 9.35 Å². The molecule has 1 N–H and O–H groups in total. The molecule has 0 spiro atoms. The molecule has 0 atom stereocenters. The van der Waals surface area contributed by atoms with Gasteiger partial charge in [0.2, 0.25) is 0 Å². The Hall–Kier alpha value is -0.420. The molecule has 0 unspecified atom stereocenters. The Morgan fingerprint density at radius 1 is 1.20 bits per heavy atom. The zero-order valence-electron chi connectivity index (χ0n) is 8.81. The standard InChI is InChI=1S/C10H18O4S/c11-10(7-4-8-15(12,13)14)9-5-2-1-3-6-9/h9H,1-8H2,(H,12,13,14). The summed E-state index contributed by atoms with van der Waals surface area (Å²) in [6, 6.07) is 0. The van der Waals surface area contributed by atoms with Crippen molar-refractivity contribution in [2.75, 3.05) is 5.75 Å². The smallest absolute Gasteiger partial charge is 0.264 e. The predicted molar refractivity (Wildman–Crippen MR) is 57.2 cm³/mol. The molecule has 4 nitrogen and oxygen atoms in total. The van der Waals surface area contributed by atoms with Crippen LogP contribution in [0.25, 0.3) is 0 Å². The predicted octanol–water partition coefficient (Wildman–Crippen LogP) is 1.80. The molecule has 15 heavy (non-hydrogen) atoms. The van der Waals surface area contributed by atoms with E-state index in [4.69, 9.17) is 4.55 Å². The van der Waals surface area contributed by atoms with Crippen molar-refractivity contribution in [3.8, 4) is 0 Å². The van der Waals surface area contributed by atoms with Crippen LogP contribution in [0.1, 0.15) is 44.9 Å². The molecule has 5 heteroatoms. The highest BCUT2D eigenvalue weighted by Gasteiger charge is 2.20. The van der Waals surface area contributed by atoms with Crippen LogP contribution in [0.2, 0.25) is 0 Å². The van der Waals surface area contributed by atoms with Crippen LogP contribution >= 0.6 is 0 Å². The van der Waals surface area contributed by atoms with Gasteiger partial charge in [0, 0.05) is 12.3 Å². The molecule has 0 amide bonds. The van der Waals surface area contributed by atoms with E-state index in [0.717, 1.165) is 25.7 Å². The first-order valence-electron chi connectivity index (χ1n) is 5.47. The zero-order valence-corrected chi connectivity index (χ0v) is 9.63. The lowest BCUT2D eigenvalue weighted by Crippen LogP contribution is -2.18. The molecule has 1 fully saturated rings. The second kappa shape index (κ2) is 5.61. The van der Waals surface area contributed by atoms with Gasteiger partial charge in [0.05, 0.1) is 5.75 Å². The molecule has 88 valence electrons. The van der Waals surface area contributed by atoms with Gasteiger partial charge >= 0.3 is 0 Å². The molecule has 0 radical (unpaired) electrons. The number of carbonyl (C=O) groups excluding carboxylic acids is 1. The molecule has 0 bridgehead atoms. The normalized spacial score (nSPS) is 19.0. The highest BCUT2D eigenvalue weighted by Crippen LogP contribution is 2.25. The third kappa shape index (κ3) is 5.28. The molecule has 1 aliphatic carbocycles. The summed E-state index contributed by atoms with van der Waals surface area (Å²) in [6.07, 6.45) is 5.84. The SMILES string of the molecule is O=C(CCCS(=O)(=O)O)C1CCCCC1. The maximum Gasteiger partial charge on any atom is 0.264 e. The van der Waals surface area contributed by atoms with Crippen LogP contribution in [0.4, 0.5) is 0 Å². The maximum atomic E-state index is 11.6. The minimum Gasteiger partial charge on any atom is -0.299 e. The van der Waals surface area contributed by atoms with Gasteiger partial charge in [0.25, 0.3) is 10.1 Å². The van der Waals surface area contributed by atoms with Crippen LogP contribution in [0, 0.1) is 5.92 Å². The lowest BCUT2D eigenvalue weighted by Gasteiger charge is -2.19. The lowest BCUT2D eigenvalue weighted by atomic mass is 9.85. The molecule has 0 aliphatic heterocycles. The van der Waals surface area contributed by atoms with E-state index in [9.17, 15) is 13.2 Å². The fourth-order valence-corrected chi connectivity index (χ4v) is 2.57. The van der Waals surface area contributed by atoms with Gasteiger partial charge in [0.1, 0.15) is 5.78 Å². The van der Waals surface area contributed by atoms with Crippen molar-refractivity contribution in [1.82, 2.24) is 0 Å². The average molecular weight is 234 g/mol. The van der Waals surface area contributed by atoms with Gasteiger partial charge in [-0.05, 0) is 19.3 Å². The van der Waals surface area contributed by atoms with E-state index < -0.39 is 10.1 Å². The van der Waals surface area contributed by atoms with Crippen LogP contribution in [-0.4, -0.2) is 24.5 Å². The van der Waals surface area contributed by atoms with Crippen LogP contribution in [0.3, 0.4) is 0 Å². The second-order valence-corrected chi connectivity index (χ2v) is 5.76. The van der Waals surface area contributed by atoms with E-state index in [-0.39, 0.29) is 30.3 Å². The van der Waals surface area contributed by atoms with Crippen molar-refractivity contribution in [3.63, 3.8) is 0 Å². The summed E-state index contributed by atoms with van der Waals surface area (Å²) in [6.45, 7) is 0. The molecule has 1 saturated carbocycles. The topological polar surface area (TPSA) is 71.4 Å². The average Bonchev–Trinajstić information content (AvgIpc) is 2.17. The zero-order chi connectivity index (χ0) is 11.3. The Morgan fingerprint density at radius 3 is 2.33 bits per heavy atom. The first-order valence-corrected chi connectivity index (χ1v) is 7.08. The first-order chi connectivity index (χ1) is 6.99. The van der Waals surface area contributed by atoms with Gasteiger partial charge in [-0.25, -0.2) is 0 Å². The van der Waals surface area contributed by atoms with E-state index in [2.05, 4.69) is 0 Å². The highest BCUT2D eigenvalue weighted by molar-refractivity contribution is 7.85. The second-order valence-electron chi connectivity index (χ2n) is 4.19. The van der Waals surface area contributed by atoms with E-state index in [1.54, 1.807) is 0 Å².